The van der Waals surface area contributed by atoms with Gasteiger partial charge in [-0.2, -0.15) is 0 Å². The second-order valence-electron chi connectivity index (χ2n) is 5.90. The number of carbonyl (C=O) groups excluding carboxylic acids is 1. The molecule has 0 aliphatic carbocycles. The molecular formula is C14H19N2O3S. The van der Waals surface area contributed by atoms with Gasteiger partial charge in [-0.15, -0.1) is 0 Å². The Morgan fingerprint density at radius 1 is 1.25 bits per heavy atom. The van der Waals surface area contributed by atoms with Gasteiger partial charge in [0.25, 0.3) is 10.0 Å². The van der Waals surface area contributed by atoms with E-state index in [2.05, 4.69) is 4.72 Å². The van der Waals surface area contributed by atoms with E-state index in [1.54, 1.807) is 18.7 Å². The minimum atomic E-state index is -3.81. The first kappa shape index (κ1) is 14.8. The number of urea groups is 1. The van der Waals surface area contributed by atoms with Crippen LogP contribution in [0.15, 0.2) is 29.2 Å². The highest BCUT2D eigenvalue weighted by Gasteiger charge is 2.34. The number of nitrogens with zero attached hydrogens (tertiary/aromatic N) is 1. The fourth-order valence-corrected chi connectivity index (χ4v) is 3.01. The Labute approximate surface area is 120 Å². The first-order valence-corrected chi connectivity index (χ1v) is 7.91. The third-order valence-electron chi connectivity index (χ3n) is 3.28. The smallest absolute Gasteiger partial charge is 0.318 e. The predicted octanol–water partition coefficient (Wildman–Crippen LogP) is 2.29. The van der Waals surface area contributed by atoms with Crippen LogP contribution in [0, 0.1) is 18.9 Å². The molecule has 0 unspecified atom stereocenters. The predicted molar refractivity (Wildman–Crippen MR) is 76.3 cm³/mol. The van der Waals surface area contributed by atoms with E-state index >= 15 is 0 Å². The van der Waals surface area contributed by atoms with E-state index < -0.39 is 16.1 Å². The Kier molecular flexibility index (Phi) is 3.77. The van der Waals surface area contributed by atoms with Gasteiger partial charge in [-0.3, -0.25) is 0 Å². The summed E-state index contributed by atoms with van der Waals surface area (Å²) in [5.74, 6) is 0. The van der Waals surface area contributed by atoms with E-state index in [9.17, 15) is 13.2 Å². The van der Waals surface area contributed by atoms with Gasteiger partial charge >= 0.3 is 6.03 Å². The van der Waals surface area contributed by atoms with Gasteiger partial charge in [-0.05, 0) is 30.9 Å². The number of benzene rings is 1. The van der Waals surface area contributed by atoms with Gasteiger partial charge < -0.3 is 4.90 Å². The number of likely N-dealkylation sites (tertiary alicyclic amines) is 1. The van der Waals surface area contributed by atoms with Crippen LogP contribution in [0.2, 0.25) is 0 Å². The van der Waals surface area contributed by atoms with Gasteiger partial charge in [-0.25, -0.2) is 17.9 Å². The molecule has 1 fully saturated rings. The SMILES string of the molecule is Cc1ccc(S(=O)(=O)NC(=O)N2[CH]CC(C)(C)C2)cc1. The minimum absolute atomic E-state index is 0.00897. The summed E-state index contributed by atoms with van der Waals surface area (Å²) in [7, 11) is -3.81. The molecule has 1 saturated heterocycles. The van der Waals surface area contributed by atoms with Crippen LogP contribution >= 0.6 is 0 Å². The van der Waals surface area contributed by atoms with Crippen molar-refractivity contribution in [2.45, 2.75) is 32.1 Å². The molecule has 20 heavy (non-hydrogen) atoms. The molecule has 2 rings (SSSR count). The van der Waals surface area contributed by atoms with E-state index in [0.29, 0.717) is 6.54 Å². The average molecular weight is 295 g/mol. The van der Waals surface area contributed by atoms with Crippen molar-refractivity contribution in [3.8, 4) is 0 Å². The number of sulfonamides is 1. The highest BCUT2D eigenvalue weighted by Crippen LogP contribution is 2.31. The van der Waals surface area contributed by atoms with Crippen LogP contribution in [-0.2, 0) is 10.0 Å². The summed E-state index contributed by atoms with van der Waals surface area (Å²) in [4.78, 5) is 13.5. The molecule has 0 atom stereocenters. The molecule has 5 nitrogen and oxygen atoms in total. The fourth-order valence-electron chi connectivity index (χ4n) is 2.05. The van der Waals surface area contributed by atoms with Crippen molar-refractivity contribution in [2.75, 3.05) is 6.54 Å². The first-order chi connectivity index (χ1) is 9.20. The van der Waals surface area contributed by atoms with Gasteiger partial charge in [0.1, 0.15) is 0 Å². The maximum atomic E-state index is 12.1. The Morgan fingerprint density at radius 3 is 2.35 bits per heavy atom. The zero-order valence-electron chi connectivity index (χ0n) is 11.9. The van der Waals surface area contributed by atoms with Crippen molar-refractivity contribution < 1.29 is 13.2 Å². The molecule has 1 aliphatic rings. The lowest BCUT2D eigenvalue weighted by atomic mass is 9.93. The van der Waals surface area contributed by atoms with Gasteiger partial charge in [0.05, 0.1) is 11.4 Å². The number of nitrogens with one attached hydrogen (secondary N) is 1. The topological polar surface area (TPSA) is 66.5 Å². The Bertz CT molecular complexity index is 606. The lowest BCUT2D eigenvalue weighted by molar-refractivity contribution is 0.214. The van der Waals surface area contributed by atoms with E-state index in [0.717, 1.165) is 12.0 Å². The van der Waals surface area contributed by atoms with Crippen LogP contribution in [0.3, 0.4) is 0 Å². The van der Waals surface area contributed by atoms with Crippen molar-refractivity contribution in [2.24, 2.45) is 5.41 Å². The van der Waals surface area contributed by atoms with Gasteiger partial charge in [0.2, 0.25) is 0 Å². The number of amides is 2. The molecule has 109 valence electrons. The maximum absolute atomic E-state index is 12.1. The second kappa shape index (κ2) is 5.09. The molecule has 1 aromatic rings. The van der Waals surface area contributed by atoms with Gasteiger partial charge in [0, 0.05) is 6.54 Å². The molecular weight excluding hydrogens is 276 g/mol. The molecule has 0 spiro atoms. The van der Waals surface area contributed by atoms with Crippen molar-refractivity contribution in [1.82, 2.24) is 9.62 Å². The minimum Gasteiger partial charge on any atom is -0.318 e. The van der Waals surface area contributed by atoms with Crippen LogP contribution in [-0.4, -0.2) is 25.9 Å². The molecule has 1 radical (unpaired) electrons. The number of aryl methyl sites for hydroxylation is 1. The Balaban J connectivity index is 2.09. The summed E-state index contributed by atoms with van der Waals surface area (Å²) in [6.45, 7) is 8.19. The third kappa shape index (κ3) is 3.30. The van der Waals surface area contributed by atoms with Crippen LogP contribution in [0.5, 0.6) is 0 Å². The quantitative estimate of drug-likeness (QED) is 0.910. The van der Waals surface area contributed by atoms with E-state index in [-0.39, 0.29) is 10.3 Å². The number of rotatable bonds is 2. The van der Waals surface area contributed by atoms with Gasteiger partial charge in [-0.1, -0.05) is 31.5 Å². The number of carbonyl (C=O) groups is 1. The Morgan fingerprint density at radius 2 is 1.85 bits per heavy atom. The van der Waals surface area contributed by atoms with Crippen molar-refractivity contribution in [3.63, 3.8) is 0 Å². The second-order valence-corrected chi connectivity index (χ2v) is 7.58. The molecule has 0 aromatic heterocycles. The van der Waals surface area contributed by atoms with Crippen LogP contribution in [0.4, 0.5) is 4.79 Å². The lowest BCUT2D eigenvalue weighted by Gasteiger charge is -2.20. The van der Waals surface area contributed by atoms with Crippen molar-refractivity contribution >= 4 is 16.1 Å². The van der Waals surface area contributed by atoms with Crippen molar-refractivity contribution in [3.05, 3.63) is 36.4 Å². The van der Waals surface area contributed by atoms with Gasteiger partial charge in [0.15, 0.2) is 0 Å². The summed E-state index contributed by atoms with van der Waals surface area (Å²) in [5.41, 5.74) is 0.954. The summed E-state index contributed by atoms with van der Waals surface area (Å²) in [6, 6.07) is 5.77. The highest BCUT2D eigenvalue weighted by atomic mass is 32.2. The zero-order chi connectivity index (χ0) is 15.0. The molecule has 1 N–H and O–H groups in total. The molecule has 0 bridgehead atoms. The standard InChI is InChI=1S/C14H19N2O3S/c1-11-4-6-12(7-5-11)20(18,19)15-13(17)16-9-8-14(2,3)10-16/h4-7,9H,8,10H2,1-3H3,(H,15,17). The summed E-state index contributed by atoms with van der Waals surface area (Å²) < 4.78 is 26.3. The maximum Gasteiger partial charge on any atom is 0.331 e. The van der Waals surface area contributed by atoms with E-state index in [4.69, 9.17) is 0 Å². The third-order valence-corrected chi connectivity index (χ3v) is 4.61. The largest absolute Gasteiger partial charge is 0.331 e. The van der Waals surface area contributed by atoms with Crippen molar-refractivity contribution in [1.29, 1.82) is 0 Å². The molecule has 1 aliphatic heterocycles. The molecule has 0 saturated carbocycles. The summed E-state index contributed by atoms with van der Waals surface area (Å²) in [5, 5.41) is 0. The summed E-state index contributed by atoms with van der Waals surface area (Å²) in [6.07, 6.45) is 0.755. The fraction of sp³-hybridized carbons (Fsp3) is 0.429. The Hall–Kier alpha value is -1.56. The molecule has 6 heteroatoms. The van der Waals surface area contributed by atoms with Crippen LogP contribution in [0.25, 0.3) is 0 Å². The molecule has 2 amide bonds. The molecule has 1 heterocycles. The molecule has 1 aromatic carbocycles. The normalized spacial score (nSPS) is 18.1. The van der Waals surface area contributed by atoms with E-state index in [1.807, 2.05) is 20.8 Å². The first-order valence-electron chi connectivity index (χ1n) is 6.43. The van der Waals surface area contributed by atoms with Crippen LogP contribution in [0.1, 0.15) is 25.8 Å². The number of hydrogen-bond acceptors (Lipinski definition) is 3. The number of hydrogen-bond donors (Lipinski definition) is 1. The zero-order valence-corrected chi connectivity index (χ0v) is 12.7. The summed E-state index contributed by atoms with van der Waals surface area (Å²) >= 11 is 0. The van der Waals surface area contributed by atoms with Crippen LogP contribution < -0.4 is 4.72 Å². The highest BCUT2D eigenvalue weighted by molar-refractivity contribution is 7.90. The van der Waals surface area contributed by atoms with E-state index in [1.165, 1.54) is 17.0 Å². The lowest BCUT2D eigenvalue weighted by Crippen LogP contribution is -2.41. The monoisotopic (exact) mass is 295 g/mol. The average Bonchev–Trinajstić information content (AvgIpc) is 2.70.